The van der Waals surface area contributed by atoms with E-state index in [-0.39, 0.29) is 17.9 Å². The van der Waals surface area contributed by atoms with Gasteiger partial charge in [0.15, 0.2) is 0 Å². The lowest BCUT2D eigenvalue weighted by Crippen LogP contribution is -2.40. The number of fused-ring (bicyclic) bond motifs is 3. The van der Waals surface area contributed by atoms with E-state index in [0.717, 1.165) is 12.3 Å². The standard InChI is InChI=1S/C12H12N2O/c1-7-13-11-9-5-3-2-4-8(9)6-10(11)12(15)14-7/h2-5,10-11H,6H2,1H3,(H,13,14,15). The smallest absolute Gasteiger partial charge is 0.231 e. The molecule has 2 unspecified atom stereocenters. The number of carbonyl (C=O) groups excluding carboxylic acids is 1. The lowest BCUT2D eigenvalue weighted by molar-refractivity contribution is -0.124. The molecule has 1 aliphatic heterocycles. The third-order valence-corrected chi connectivity index (χ3v) is 3.17. The van der Waals surface area contributed by atoms with Crippen LogP contribution in [0.3, 0.4) is 0 Å². The number of aliphatic imine (C=N–C) groups is 1. The highest BCUT2D eigenvalue weighted by atomic mass is 16.2. The van der Waals surface area contributed by atoms with Gasteiger partial charge < -0.3 is 5.32 Å². The molecule has 3 nitrogen and oxygen atoms in total. The van der Waals surface area contributed by atoms with Crippen molar-refractivity contribution in [1.29, 1.82) is 0 Å². The zero-order chi connectivity index (χ0) is 10.4. The minimum Gasteiger partial charge on any atom is -0.314 e. The number of carbonyl (C=O) groups is 1. The molecule has 0 fully saturated rings. The number of benzene rings is 1. The lowest BCUT2D eigenvalue weighted by atomic mass is 9.99. The predicted octanol–water partition coefficient (Wildman–Crippen LogP) is 1.45. The van der Waals surface area contributed by atoms with Crippen LogP contribution in [0.25, 0.3) is 0 Å². The Kier molecular flexibility index (Phi) is 1.69. The number of amidine groups is 1. The van der Waals surface area contributed by atoms with Gasteiger partial charge in [0.1, 0.15) is 5.84 Å². The van der Waals surface area contributed by atoms with Crippen molar-refractivity contribution in [2.45, 2.75) is 19.4 Å². The normalized spacial score (nSPS) is 27.8. The van der Waals surface area contributed by atoms with Gasteiger partial charge in [-0.3, -0.25) is 9.79 Å². The van der Waals surface area contributed by atoms with Crippen LogP contribution in [-0.4, -0.2) is 11.7 Å². The molecule has 1 aromatic carbocycles. The second-order valence-electron chi connectivity index (χ2n) is 4.16. The maximum atomic E-state index is 11.8. The van der Waals surface area contributed by atoms with E-state index >= 15 is 0 Å². The van der Waals surface area contributed by atoms with Crippen LogP contribution in [0.1, 0.15) is 24.1 Å². The molecule has 1 heterocycles. The number of hydrogen-bond acceptors (Lipinski definition) is 2. The van der Waals surface area contributed by atoms with Crippen LogP contribution >= 0.6 is 0 Å². The molecule has 1 aliphatic carbocycles. The molecule has 0 bridgehead atoms. The van der Waals surface area contributed by atoms with Gasteiger partial charge in [0, 0.05) is 0 Å². The largest absolute Gasteiger partial charge is 0.314 e. The first-order valence-corrected chi connectivity index (χ1v) is 5.19. The predicted molar refractivity (Wildman–Crippen MR) is 57.6 cm³/mol. The molecule has 3 rings (SSSR count). The summed E-state index contributed by atoms with van der Waals surface area (Å²) in [7, 11) is 0. The Hall–Kier alpha value is -1.64. The first kappa shape index (κ1) is 8.65. The maximum absolute atomic E-state index is 11.8. The van der Waals surface area contributed by atoms with Crippen molar-refractivity contribution in [3.05, 3.63) is 35.4 Å². The van der Waals surface area contributed by atoms with Crippen molar-refractivity contribution in [2.24, 2.45) is 10.9 Å². The molecule has 15 heavy (non-hydrogen) atoms. The number of nitrogens with one attached hydrogen (secondary N) is 1. The zero-order valence-electron chi connectivity index (χ0n) is 8.53. The SMILES string of the molecule is CC1=NC2c3ccccc3CC2C(=O)N1. The molecular weight excluding hydrogens is 188 g/mol. The van der Waals surface area contributed by atoms with Gasteiger partial charge in [-0.2, -0.15) is 0 Å². The Morgan fingerprint density at radius 3 is 3.07 bits per heavy atom. The molecule has 0 radical (unpaired) electrons. The Labute approximate surface area is 88.2 Å². The van der Waals surface area contributed by atoms with E-state index in [2.05, 4.69) is 22.4 Å². The third kappa shape index (κ3) is 1.19. The van der Waals surface area contributed by atoms with Gasteiger partial charge in [-0.1, -0.05) is 24.3 Å². The molecule has 0 spiro atoms. The van der Waals surface area contributed by atoms with Gasteiger partial charge in [-0.15, -0.1) is 0 Å². The van der Waals surface area contributed by atoms with E-state index in [0.29, 0.717) is 0 Å². The lowest BCUT2D eigenvalue weighted by Gasteiger charge is -2.22. The summed E-state index contributed by atoms with van der Waals surface area (Å²) >= 11 is 0. The zero-order valence-corrected chi connectivity index (χ0v) is 8.53. The molecule has 1 N–H and O–H groups in total. The Bertz CT molecular complexity index is 464. The number of nitrogens with zero attached hydrogens (tertiary/aromatic N) is 1. The summed E-state index contributed by atoms with van der Waals surface area (Å²) in [5, 5.41) is 2.80. The molecule has 76 valence electrons. The van der Waals surface area contributed by atoms with E-state index in [4.69, 9.17) is 0 Å². The summed E-state index contributed by atoms with van der Waals surface area (Å²) in [5.41, 5.74) is 2.48. The van der Waals surface area contributed by atoms with Crippen molar-refractivity contribution in [3.8, 4) is 0 Å². The minimum absolute atomic E-state index is 0.00565. The third-order valence-electron chi connectivity index (χ3n) is 3.17. The van der Waals surface area contributed by atoms with E-state index < -0.39 is 0 Å². The topological polar surface area (TPSA) is 41.5 Å². The number of hydrogen-bond donors (Lipinski definition) is 1. The second-order valence-corrected chi connectivity index (χ2v) is 4.16. The highest BCUT2D eigenvalue weighted by molar-refractivity contribution is 6.01. The fraction of sp³-hybridized carbons (Fsp3) is 0.333. The van der Waals surface area contributed by atoms with Gasteiger partial charge in [-0.25, -0.2) is 0 Å². The molecule has 1 amide bonds. The van der Waals surface area contributed by atoms with Crippen molar-refractivity contribution in [1.82, 2.24) is 5.32 Å². The molecule has 0 saturated heterocycles. The highest BCUT2D eigenvalue weighted by Crippen LogP contribution is 2.40. The van der Waals surface area contributed by atoms with Crippen molar-refractivity contribution in [2.75, 3.05) is 0 Å². The molecular formula is C12H12N2O. The fourth-order valence-electron chi connectivity index (χ4n) is 2.48. The Morgan fingerprint density at radius 1 is 1.40 bits per heavy atom. The molecule has 2 aliphatic rings. The summed E-state index contributed by atoms with van der Waals surface area (Å²) in [6, 6.07) is 8.25. The van der Waals surface area contributed by atoms with Crippen molar-refractivity contribution in [3.63, 3.8) is 0 Å². The molecule has 1 aromatic rings. The van der Waals surface area contributed by atoms with E-state index in [1.807, 2.05) is 19.1 Å². The van der Waals surface area contributed by atoms with Gasteiger partial charge in [0.2, 0.25) is 5.91 Å². The summed E-state index contributed by atoms with van der Waals surface area (Å²) in [5.74, 6) is 0.854. The second kappa shape index (κ2) is 2.92. The van der Waals surface area contributed by atoms with Gasteiger partial charge in [-0.05, 0) is 24.5 Å². The summed E-state index contributed by atoms with van der Waals surface area (Å²) in [6.45, 7) is 1.84. The highest BCUT2D eigenvalue weighted by Gasteiger charge is 2.39. The minimum atomic E-state index is 0.00565. The van der Waals surface area contributed by atoms with E-state index in [9.17, 15) is 4.79 Å². The molecule has 2 atom stereocenters. The summed E-state index contributed by atoms with van der Waals surface area (Å²) < 4.78 is 0. The number of amides is 1. The summed E-state index contributed by atoms with van der Waals surface area (Å²) in [4.78, 5) is 16.3. The first-order valence-electron chi connectivity index (χ1n) is 5.19. The summed E-state index contributed by atoms with van der Waals surface area (Å²) in [6.07, 6.45) is 0.823. The maximum Gasteiger partial charge on any atom is 0.231 e. The molecule has 0 aromatic heterocycles. The Balaban J connectivity index is 2.12. The quantitative estimate of drug-likeness (QED) is 0.676. The molecule has 0 saturated carbocycles. The molecule has 3 heteroatoms. The van der Waals surface area contributed by atoms with Gasteiger partial charge in [0.25, 0.3) is 0 Å². The van der Waals surface area contributed by atoms with Crippen LogP contribution in [0.4, 0.5) is 0 Å². The van der Waals surface area contributed by atoms with Crippen LogP contribution in [0.5, 0.6) is 0 Å². The Morgan fingerprint density at radius 2 is 2.20 bits per heavy atom. The first-order chi connectivity index (χ1) is 7.25. The van der Waals surface area contributed by atoms with Crippen LogP contribution in [0.15, 0.2) is 29.3 Å². The average molecular weight is 200 g/mol. The average Bonchev–Trinajstić information content (AvgIpc) is 2.57. The van der Waals surface area contributed by atoms with Gasteiger partial charge in [0.05, 0.1) is 12.0 Å². The van der Waals surface area contributed by atoms with Crippen LogP contribution in [-0.2, 0) is 11.2 Å². The van der Waals surface area contributed by atoms with Crippen LogP contribution in [0, 0.1) is 5.92 Å². The van der Waals surface area contributed by atoms with Crippen LogP contribution in [0.2, 0.25) is 0 Å². The number of rotatable bonds is 0. The van der Waals surface area contributed by atoms with Crippen molar-refractivity contribution < 1.29 is 4.79 Å². The monoisotopic (exact) mass is 200 g/mol. The van der Waals surface area contributed by atoms with Crippen LogP contribution < -0.4 is 5.32 Å². The van der Waals surface area contributed by atoms with Crippen molar-refractivity contribution >= 4 is 11.7 Å². The van der Waals surface area contributed by atoms with E-state index in [1.165, 1.54) is 11.1 Å². The fourth-order valence-corrected chi connectivity index (χ4v) is 2.48. The van der Waals surface area contributed by atoms with E-state index in [1.54, 1.807) is 0 Å². The van der Waals surface area contributed by atoms with Gasteiger partial charge >= 0.3 is 0 Å².